The lowest BCUT2D eigenvalue weighted by atomic mass is 9.99. The van der Waals surface area contributed by atoms with E-state index in [2.05, 4.69) is 15.9 Å². The molecular weight excluding hydrogens is 536 g/mol. The molecule has 1 aliphatic heterocycles. The van der Waals surface area contributed by atoms with Gasteiger partial charge in [0, 0.05) is 13.8 Å². The summed E-state index contributed by atoms with van der Waals surface area (Å²) < 4.78 is 39.7. The third-order valence-electron chi connectivity index (χ3n) is 5.53. The molecule has 9 nitrogen and oxygen atoms in total. The maximum Gasteiger partial charge on any atom is 0.303 e. The summed E-state index contributed by atoms with van der Waals surface area (Å²) >= 11 is 3.53. The summed E-state index contributed by atoms with van der Waals surface area (Å²) in [7, 11) is 3.20. The van der Waals surface area contributed by atoms with Gasteiger partial charge in [0.1, 0.15) is 41.4 Å². The normalized spacial score (nSPS) is 23.5. The quantitative estimate of drug-likeness (QED) is 0.297. The lowest BCUT2D eigenvalue weighted by Crippen LogP contribution is -2.60. The third kappa shape index (κ3) is 7.92. The Morgan fingerprint density at radius 2 is 1.28 bits per heavy atom. The fourth-order valence-electron chi connectivity index (χ4n) is 3.73. The number of carbonyl (C=O) groups is 2. The molecule has 1 heterocycles. The molecule has 5 atom stereocenters. The van der Waals surface area contributed by atoms with Crippen LogP contribution in [0.1, 0.15) is 25.0 Å². The fourth-order valence-corrected chi connectivity index (χ4v) is 4.46. The maximum atomic E-state index is 12.0. The van der Waals surface area contributed by atoms with E-state index in [1.54, 1.807) is 14.2 Å². The number of carbonyl (C=O) groups excluding carboxylic acids is 2. The van der Waals surface area contributed by atoms with E-state index in [-0.39, 0.29) is 19.8 Å². The molecule has 196 valence electrons. The molecule has 0 aliphatic carbocycles. The van der Waals surface area contributed by atoms with Crippen LogP contribution in [0.25, 0.3) is 0 Å². The Bertz CT molecular complexity index is 980. The Morgan fingerprint density at radius 1 is 0.778 bits per heavy atom. The lowest BCUT2D eigenvalue weighted by molar-refractivity contribution is -0.245. The number of hydrogen-bond donors (Lipinski definition) is 0. The first-order valence-electron chi connectivity index (χ1n) is 11.4. The number of methoxy groups -OCH3 is 2. The number of hydrogen-bond acceptors (Lipinski definition) is 9. The minimum absolute atomic E-state index is 0.108. The molecule has 10 heteroatoms. The van der Waals surface area contributed by atoms with Gasteiger partial charge in [-0.1, -0.05) is 40.2 Å². The molecular formula is C26H31BrO9. The molecule has 1 fully saturated rings. The summed E-state index contributed by atoms with van der Waals surface area (Å²) in [5, 5.41) is -0.621. The average molecular weight is 567 g/mol. The van der Waals surface area contributed by atoms with Crippen molar-refractivity contribution in [3.8, 4) is 11.5 Å². The highest BCUT2D eigenvalue weighted by molar-refractivity contribution is 9.09. The minimum atomic E-state index is -0.880. The highest BCUT2D eigenvalue weighted by Crippen LogP contribution is 2.33. The predicted molar refractivity (Wildman–Crippen MR) is 133 cm³/mol. The SMILES string of the molecule is COc1ccc(CO[C@@H]2[C@@H](OCc3ccc(OC)cc3)[C@@H](Br)O[C@H](COC(C)=O)[C@H]2OC(C)=O)cc1. The number of ether oxygens (including phenoxy) is 7. The average Bonchev–Trinajstić information content (AvgIpc) is 2.87. The van der Waals surface area contributed by atoms with Gasteiger partial charge in [0.05, 0.1) is 27.4 Å². The Balaban J connectivity index is 1.82. The van der Waals surface area contributed by atoms with E-state index in [9.17, 15) is 9.59 Å². The summed E-state index contributed by atoms with van der Waals surface area (Å²) in [4.78, 5) is 23.4. The van der Waals surface area contributed by atoms with Crippen LogP contribution in [0.3, 0.4) is 0 Å². The van der Waals surface area contributed by atoms with Crippen LogP contribution in [0.4, 0.5) is 0 Å². The molecule has 2 aromatic carbocycles. The molecule has 0 amide bonds. The smallest absolute Gasteiger partial charge is 0.303 e. The molecule has 0 aromatic heterocycles. The summed E-state index contributed by atoms with van der Waals surface area (Å²) in [6.45, 7) is 2.96. The van der Waals surface area contributed by atoms with Crippen LogP contribution >= 0.6 is 15.9 Å². The Kier molecular flexibility index (Phi) is 10.5. The van der Waals surface area contributed by atoms with Crippen molar-refractivity contribution in [1.29, 1.82) is 0 Å². The van der Waals surface area contributed by atoms with Gasteiger partial charge in [0.25, 0.3) is 0 Å². The van der Waals surface area contributed by atoms with Crippen molar-refractivity contribution >= 4 is 27.9 Å². The molecule has 36 heavy (non-hydrogen) atoms. The van der Waals surface area contributed by atoms with E-state index >= 15 is 0 Å². The molecule has 1 aliphatic rings. The van der Waals surface area contributed by atoms with Crippen LogP contribution in [-0.4, -0.2) is 62.2 Å². The van der Waals surface area contributed by atoms with Crippen LogP contribution in [0.15, 0.2) is 48.5 Å². The zero-order valence-corrected chi connectivity index (χ0v) is 22.3. The van der Waals surface area contributed by atoms with Gasteiger partial charge in [-0.2, -0.15) is 0 Å². The molecule has 2 aromatic rings. The number of alkyl halides is 1. The van der Waals surface area contributed by atoms with Gasteiger partial charge >= 0.3 is 11.9 Å². The second-order valence-corrected chi connectivity index (χ2v) is 9.05. The molecule has 3 rings (SSSR count). The first-order chi connectivity index (χ1) is 17.3. The van der Waals surface area contributed by atoms with Gasteiger partial charge < -0.3 is 33.2 Å². The largest absolute Gasteiger partial charge is 0.497 e. The van der Waals surface area contributed by atoms with Gasteiger partial charge in [-0.15, -0.1) is 0 Å². The second-order valence-electron chi connectivity index (χ2n) is 8.15. The van der Waals surface area contributed by atoms with Crippen LogP contribution in [0.2, 0.25) is 0 Å². The van der Waals surface area contributed by atoms with Crippen LogP contribution in [0.5, 0.6) is 11.5 Å². The van der Waals surface area contributed by atoms with Crippen molar-refractivity contribution in [2.24, 2.45) is 0 Å². The summed E-state index contributed by atoms with van der Waals surface area (Å²) in [5.41, 5.74) is 1.80. The minimum Gasteiger partial charge on any atom is -0.497 e. The van der Waals surface area contributed by atoms with Crippen molar-refractivity contribution in [2.45, 2.75) is 56.5 Å². The summed E-state index contributed by atoms with van der Waals surface area (Å²) in [5.74, 6) is 0.476. The van der Waals surface area contributed by atoms with E-state index in [1.165, 1.54) is 13.8 Å². The van der Waals surface area contributed by atoms with E-state index < -0.39 is 41.4 Å². The van der Waals surface area contributed by atoms with E-state index in [0.717, 1.165) is 22.6 Å². The number of halogens is 1. The van der Waals surface area contributed by atoms with Crippen LogP contribution in [-0.2, 0) is 46.5 Å². The van der Waals surface area contributed by atoms with E-state index in [4.69, 9.17) is 33.2 Å². The van der Waals surface area contributed by atoms with Gasteiger partial charge in [0.15, 0.2) is 6.10 Å². The topological polar surface area (TPSA) is 98.8 Å². The highest BCUT2D eigenvalue weighted by Gasteiger charge is 2.49. The predicted octanol–water partition coefficient (Wildman–Crippen LogP) is 3.79. The first-order valence-corrected chi connectivity index (χ1v) is 12.3. The molecule has 0 saturated carbocycles. The van der Waals surface area contributed by atoms with Crippen molar-refractivity contribution in [3.05, 3.63) is 59.7 Å². The number of esters is 2. The second kappa shape index (κ2) is 13.6. The van der Waals surface area contributed by atoms with Gasteiger partial charge in [-0.3, -0.25) is 9.59 Å². The lowest BCUT2D eigenvalue weighted by Gasteiger charge is -2.43. The van der Waals surface area contributed by atoms with Crippen molar-refractivity contribution < 1.29 is 42.7 Å². The highest BCUT2D eigenvalue weighted by atomic mass is 79.9. The molecule has 0 N–H and O–H groups in total. The van der Waals surface area contributed by atoms with E-state index in [0.29, 0.717) is 0 Å². The molecule has 1 saturated heterocycles. The van der Waals surface area contributed by atoms with Crippen molar-refractivity contribution in [2.75, 3.05) is 20.8 Å². The molecule has 0 bridgehead atoms. The van der Waals surface area contributed by atoms with Gasteiger partial charge in [-0.05, 0) is 35.4 Å². The van der Waals surface area contributed by atoms with E-state index in [1.807, 2.05) is 48.5 Å². The Labute approximate surface area is 219 Å². The van der Waals surface area contributed by atoms with Crippen LogP contribution in [0, 0.1) is 0 Å². The van der Waals surface area contributed by atoms with Crippen molar-refractivity contribution in [3.63, 3.8) is 0 Å². The third-order valence-corrected chi connectivity index (χ3v) is 6.27. The van der Waals surface area contributed by atoms with Crippen molar-refractivity contribution in [1.82, 2.24) is 0 Å². The van der Waals surface area contributed by atoms with Gasteiger partial charge in [0.2, 0.25) is 0 Å². The first kappa shape index (κ1) is 27.9. The zero-order chi connectivity index (χ0) is 26.1. The number of benzene rings is 2. The summed E-state index contributed by atoms with van der Waals surface area (Å²) in [6, 6.07) is 14.9. The molecule has 0 unspecified atom stereocenters. The van der Waals surface area contributed by atoms with Gasteiger partial charge in [-0.25, -0.2) is 0 Å². The summed E-state index contributed by atoms with van der Waals surface area (Å²) in [6.07, 6.45) is -3.02. The number of rotatable bonds is 11. The maximum absolute atomic E-state index is 12.0. The zero-order valence-electron chi connectivity index (χ0n) is 20.7. The van der Waals surface area contributed by atoms with Crippen LogP contribution < -0.4 is 9.47 Å². The standard InChI is InChI=1S/C26H31BrO9/c1-16(28)32-15-22-23(35-17(2)29)24(33-13-18-5-9-20(30-3)10-6-18)25(26(27)36-22)34-14-19-7-11-21(31-4)12-8-19/h5-12,22-26H,13-15H2,1-4H3/t22-,23-,24+,25-,26+/m1/s1. The fraction of sp³-hybridized carbons (Fsp3) is 0.462. The molecule has 0 spiro atoms. The Morgan fingerprint density at radius 3 is 1.72 bits per heavy atom. The molecule has 0 radical (unpaired) electrons. The Hall–Kier alpha value is -2.66. The monoisotopic (exact) mass is 566 g/mol.